The summed E-state index contributed by atoms with van der Waals surface area (Å²) in [6.45, 7) is 5.55. The van der Waals surface area contributed by atoms with Crippen LogP contribution >= 0.6 is 0 Å². The zero-order valence-corrected chi connectivity index (χ0v) is 13.7. The molecule has 0 spiro atoms. The second-order valence-corrected chi connectivity index (χ2v) is 6.71. The van der Waals surface area contributed by atoms with Crippen LogP contribution in [0.1, 0.15) is 36.7 Å². The molecule has 0 saturated heterocycles. The van der Waals surface area contributed by atoms with Crippen LogP contribution in [0.4, 0.5) is 5.69 Å². The summed E-state index contributed by atoms with van der Waals surface area (Å²) in [5.41, 5.74) is 3.19. The standard InChI is InChI=1S/C19H19NO3/c1-19(2,3)18(22)20-11-5-7-13-14-8-6-12(23-4)10-16(14)17(21)15(13)9-11/h5-10H,1-4H3,(H,20,22). The van der Waals surface area contributed by atoms with E-state index in [1.54, 1.807) is 19.2 Å². The van der Waals surface area contributed by atoms with E-state index >= 15 is 0 Å². The van der Waals surface area contributed by atoms with Gasteiger partial charge >= 0.3 is 0 Å². The fraction of sp³-hybridized carbons (Fsp3) is 0.263. The maximum atomic E-state index is 12.6. The number of fused-ring (bicyclic) bond motifs is 3. The van der Waals surface area contributed by atoms with Crippen molar-refractivity contribution in [3.8, 4) is 16.9 Å². The second kappa shape index (κ2) is 5.23. The average Bonchev–Trinajstić information content (AvgIpc) is 2.78. The zero-order chi connectivity index (χ0) is 16.8. The maximum Gasteiger partial charge on any atom is 0.229 e. The summed E-state index contributed by atoms with van der Waals surface area (Å²) in [6, 6.07) is 10.9. The summed E-state index contributed by atoms with van der Waals surface area (Å²) < 4.78 is 5.19. The van der Waals surface area contributed by atoms with E-state index in [1.807, 2.05) is 45.0 Å². The number of amides is 1. The number of hydrogen-bond acceptors (Lipinski definition) is 3. The van der Waals surface area contributed by atoms with Gasteiger partial charge in [0.25, 0.3) is 0 Å². The molecule has 23 heavy (non-hydrogen) atoms. The fourth-order valence-electron chi connectivity index (χ4n) is 2.58. The number of carbonyl (C=O) groups is 2. The molecule has 1 aliphatic rings. The normalized spacial score (nSPS) is 12.6. The monoisotopic (exact) mass is 309 g/mol. The van der Waals surface area contributed by atoms with Crippen molar-refractivity contribution in [2.75, 3.05) is 12.4 Å². The van der Waals surface area contributed by atoms with Crippen molar-refractivity contribution < 1.29 is 14.3 Å². The first kappa shape index (κ1) is 15.3. The Morgan fingerprint density at radius 2 is 1.57 bits per heavy atom. The molecule has 0 atom stereocenters. The molecule has 1 aliphatic carbocycles. The maximum absolute atomic E-state index is 12.6. The minimum Gasteiger partial charge on any atom is -0.497 e. The number of benzene rings is 2. The van der Waals surface area contributed by atoms with Gasteiger partial charge in [-0.2, -0.15) is 0 Å². The lowest BCUT2D eigenvalue weighted by molar-refractivity contribution is -0.123. The lowest BCUT2D eigenvalue weighted by Gasteiger charge is -2.18. The Morgan fingerprint density at radius 1 is 0.957 bits per heavy atom. The molecule has 3 rings (SSSR count). The number of carbonyl (C=O) groups excluding carboxylic acids is 2. The molecule has 0 heterocycles. The summed E-state index contributed by atoms with van der Waals surface area (Å²) in [6.07, 6.45) is 0. The highest BCUT2D eigenvalue weighted by Crippen LogP contribution is 2.39. The molecule has 0 aliphatic heterocycles. The van der Waals surface area contributed by atoms with E-state index in [2.05, 4.69) is 5.32 Å². The summed E-state index contributed by atoms with van der Waals surface area (Å²) in [4.78, 5) is 24.7. The molecule has 1 amide bonds. The van der Waals surface area contributed by atoms with Crippen LogP contribution in [0.5, 0.6) is 5.75 Å². The topological polar surface area (TPSA) is 55.4 Å². The summed E-state index contributed by atoms with van der Waals surface area (Å²) in [5, 5.41) is 2.87. The third-order valence-electron chi connectivity index (χ3n) is 3.96. The van der Waals surface area contributed by atoms with Gasteiger partial charge in [-0.25, -0.2) is 0 Å². The van der Waals surface area contributed by atoms with Crippen LogP contribution in [0.15, 0.2) is 36.4 Å². The Balaban J connectivity index is 1.98. The zero-order valence-electron chi connectivity index (χ0n) is 13.7. The molecule has 0 saturated carbocycles. The molecule has 4 heteroatoms. The minimum absolute atomic E-state index is 0.0410. The van der Waals surface area contributed by atoms with Crippen LogP contribution in [-0.2, 0) is 4.79 Å². The molecule has 0 aromatic heterocycles. The van der Waals surface area contributed by atoms with Crippen LogP contribution in [0.2, 0.25) is 0 Å². The molecular formula is C19H19NO3. The van der Waals surface area contributed by atoms with Crippen molar-refractivity contribution in [2.24, 2.45) is 5.41 Å². The molecular weight excluding hydrogens is 290 g/mol. The predicted octanol–water partition coefficient (Wildman–Crippen LogP) is 3.89. The highest BCUT2D eigenvalue weighted by molar-refractivity contribution is 6.22. The van der Waals surface area contributed by atoms with Gasteiger partial charge in [0.05, 0.1) is 7.11 Å². The first-order chi connectivity index (χ1) is 10.8. The van der Waals surface area contributed by atoms with Gasteiger partial charge in [-0.05, 0) is 41.5 Å². The minimum atomic E-state index is -0.487. The van der Waals surface area contributed by atoms with E-state index < -0.39 is 5.41 Å². The Morgan fingerprint density at radius 3 is 2.17 bits per heavy atom. The number of anilines is 1. The van der Waals surface area contributed by atoms with Gasteiger partial charge in [-0.3, -0.25) is 9.59 Å². The van der Waals surface area contributed by atoms with Gasteiger partial charge in [0.15, 0.2) is 5.78 Å². The van der Waals surface area contributed by atoms with Crippen molar-refractivity contribution >= 4 is 17.4 Å². The third kappa shape index (κ3) is 2.61. The van der Waals surface area contributed by atoms with Gasteiger partial charge in [-0.1, -0.05) is 26.8 Å². The predicted molar refractivity (Wildman–Crippen MR) is 89.9 cm³/mol. The van der Waals surface area contributed by atoms with Crippen molar-refractivity contribution in [3.05, 3.63) is 47.5 Å². The molecule has 1 N–H and O–H groups in total. The van der Waals surface area contributed by atoms with Crippen molar-refractivity contribution in [3.63, 3.8) is 0 Å². The number of ether oxygens (including phenoxy) is 1. The van der Waals surface area contributed by atoms with Crippen LogP contribution in [-0.4, -0.2) is 18.8 Å². The van der Waals surface area contributed by atoms with Crippen molar-refractivity contribution in [2.45, 2.75) is 20.8 Å². The third-order valence-corrected chi connectivity index (χ3v) is 3.96. The smallest absolute Gasteiger partial charge is 0.229 e. The number of methoxy groups -OCH3 is 1. The van der Waals surface area contributed by atoms with Crippen LogP contribution < -0.4 is 10.1 Å². The van der Waals surface area contributed by atoms with Crippen LogP contribution in [0, 0.1) is 5.41 Å². The Bertz CT molecular complexity index is 816. The molecule has 4 nitrogen and oxygen atoms in total. The fourth-order valence-corrected chi connectivity index (χ4v) is 2.58. The van der Waals surface area contributed by atoms with Gasteiger partial charge in [0.2, 0.25) is 5.91 Å². The summed E-state index contributed by atoms with van der Waals surface area (Å²) in [5.74, 6) is 0.536. The number of rotatable bonds is 2. The molecule has 118 valence electrons. The lowest BCUT2D eigenvalue weighted by atomic mass is 9.95. The number of ketones is 1. The molecule has 2 aromatic carbocycles. The molecule has 0 radical (unpaired) electrons. The van der Waals surface area contributed by atoms with E-state index in [4.69, 9.17) is 4.74 Å². The second-order valence-electron chi connectivity index (χ2n) is 6.71. The van der Waals surface area contributed by atoms with Gasteiger partial charge < -0.3 is 10.1 Å². The molecule has 2 aromatic rings. The molecule has 0 fully saturated rings. The van der Waals surface area contributed by atoms with E-state index in [0.717, 1.165) is 11.1 Å². The van der Waals surface area contributed by atoms with Crippen LogP contribution in [0.25, 0.3) is 11.1 Å². The largest absolute Gasteiger partial charge is 0.497 e. The van der Waals surface area contributed by atoms with Crippen molar-refractivity contribution in [1.82, 2.24) is 0 Å². The Hall–Kier alpha value is -2.62. The molecule has 0 bridgehead atoms. The SMILES string of the molecule is COc1ccc2c(c1)C(=O)c1cc(NC(=O)C(C)(C)C)ccc1-2. The van der Waals surface area contributed by atoms with Gasteiger partial charge in [-0.15, -0.1) is 0 Å². The number of nitrogens with one attached hydrogen (secondary N) is 1. The Labute approximate surface area is 135 Å². The Kier molecular flexibility index (Phi) is 3.48. The molecule has 0 unspecified atom stereocenters. The van der Waals surface area contributed by atoms with E-state index in [9.17, 15) is 9.59 Å². The van der Waals surface area contributed by atoms with E-state index in [0.29, 0.717) is 22.6 Å². The van der Waals surface area contributed by atoms with Crippen LogP contribution in [0.3, 0.4) is 0 Å². The first-order valence-corrected chi connectivity index (χ1v) is 7.50. The lowest BCUT2D eigenvalue weighted by Crippen LogP contribution is -2.27. The van der Waals surface area contributed by atoms with Crippen molar-refractivity contribution in [1.29, 1.82) is 0 Å². The quantitative estimate of drug-likeness (QED) is 0.781. The highest BCUT2D eigenvalue weighted by atomic mass is 16.5. The van der Waals surface area contributed by atoms with Gasteiger partial charge in [0.1, 0.15) is 5.75 Å². The first-order valence-electron chi connectivity index (χ1n) is 7.50. The highest BCUT2D eigenvalue weighted by Gasteiger charge is 2.28. The summed E-state index contributed by atoms with van der Waals surface area (Å²) in [7, 11) is 1.58. The van der Waals surface area contributed by atoms with E-state index in [-0.39, 0.29) is 11.7 Å². The number of hydrogen-bond donors (Lipinski definition) is 1. The van der Waals surface area contributed by atoms with Gasteiger partial charge in [0, 0.05) is 22.2 Å². The summed E-state index contributed by atoms with van der Waals surface area (Å²) >= 11 is 0. The van der Waals surface area contributed by atoms with E-state index in [1.165, 1.54) is 0 Å². The average molecular weight is 309 g/mol.